The largest absolute Gasteiger partial charge is 0.480 e. The molecule has 2 aromatic rings. The quantitative estimate of drug-likeness (QED) is 0.554. The van der Waals surface area contributed by atoms with Crippen LogP contribution in [0.15, 0.2) is 59.1 Å². The van der Waals surface area contributed by atoms with Crippen LogP contribution in [0.25, 0.3) is 0 Å². The van der Waals surface area contributed by atoms with E-state index in [1.54, 1.807) is 0 Å². The monoisotopic (exact) mass is 416 g/mol. The summed E-state index contributed by atoms with van der Waals surface area (Å²) < 4.78 is 6.38. The lowest BCUT2D eigenvalue weighted by Crippen LogP contribution is -2.44. The molecule has 1 saturated carbocycles. The molecule has 2 unspecified atom stereocenters. The first-order valence-corrected chi connectivity index (χ1v) is 9.50. The third-order valence-electron chi connectivity index (χ3n) is 5.11. The average Bonchev–Trinajstić information content (AvgIpc) is 2.67. The molecule has 0 aromatic heterocycles. The van der Waals surface area contributed by atoms with Crippen molar-refractivity contribution in [2.45, 2.75) is 38.2 Å². The Morgan fingerprint density at radius 3 is 2.46 bits per heavy atom. The van der Waals surface area contributed by atoms with Gasteiger partial charge in [-0.3, -0.25) is 9.59 Å². The van der Waals surface area contributed by atoms with Gasteiger partial charge in [0.2, 0.25) is 0 Å². The Kier molecular flexibility index (Phi) is 5.77. The van der Waals surface area contributed by atoms with Crippen LogP contribution in [0.3, 0.4) is 0 Å². The van der Waals surface area contributed by atoms with Crippen molar-refractivity contribution in [2.75, 3.05) is 0 Å². The van der Waals surface area contributed by atoms with Crippen molar-refractivity contribution in [3.05, 3.63) is 70.2 Å². The van der Waals surface area contributed by atoms with Crippen LogP contribution in [0.1, 0.15) is 42.7 Å². The Morgan fingerprint density at radius 1 is 1.12 bits per heavy atom. The Morgan fingerprint density at radius 2 is 1.81 bits per heavy atom. The summed E-state index contributed by atoms with van der Waals surface area (Å²) in [5.41, 5.74) is 0.446. The molecule has 1 aliphatic carbocycles. The lowest BCUT2D eigenvalue weighted by Gasteiger charge is -2.35. The third kappa shape index (κ3) is 3.98. The molecule has 0 spiro atoms. The predicted octanol–water partition coefficient (Wildman–Crippen LogP) is 4.92. The second-order valence-electron chi connectivity index (χ2n) is 6.79. The zero-order valence-corrected chi connectivity index (χ0v) is 15.9. The molecule has 5 heteroatoms. The molecule has 0 radical (unpaired) electrons. The number of carbonyl (C=O) groups excluding carboxylic acids is 1. The van der Waals surface area contributed by atoms with Crippen molar-refractivity contribution in [3.8, 4) is 0 Å². The molecule has 136 valence electrons. The van der Waals surface area contributed by atoms with Crippen LogP contribution < -0.4 is 0 Å². The fourth-order valence-electron chi connectivity index (χ4n) is 3.62. The molecule has 1 fully saturated rings. The van der Waals surface area contributed by atoms with Gasteiger partial charge >= 0.3 is 11.9 Å². The van der Waals surface area contributed by atoms with E-state index in [1.165, 1.54) is 0 Å². The van der Waals surface area contributed by atoms with Gasteiger partial charge in [-0.05, 0) is 48.4 Å². The van der Waals surface area contributed by atoms with Crippen LogP contribution in [0.2, 0.25) is 0 Å². The molecule has 26 heavy (non-hydrogen) atoms. The van der Waals surface area contributed by atoms with E-state index in [0.717, 1.165) is 22.0 Å². The first-order valence-electron chi connectivity index (χ1n) is 8.71. The van der Waals surface area contributed by atoms with Crippen molar-refractivity contribution in [2.24, 2.45) is 5.41 Å². The highest BCUT2D eigenvalue weighted by atomic mass is 79.9. The van der Waals surface area contributed by atoms with Crippen LogP contribution in [-0.4, -0.2) is 17.0 Å². The molecule has 2 atom stereocenters. The third-order valence-corrected chi connectivity index (χ3v) is 5.63. The number of halogens is 1. The van der Waals surface area contributed by atoms with Gasteiger partial charge in [0.15, 0.2) is 5.41 Å². The maximum atomic E-state index is 12.8. The predicted molar refractivity (Wildman–Crippen MR) is 102 cm³/mol. The van der Waals surface area contributed by atoms with E-state index in [1.807, 2.05) is 54.6 Å². The number of esters is 1. The second-order valence-corrected chi connectivity index (χ2v) is 7.71. The number of carboxylic acids is 1. The summed E-state index contributed by atoms with van der Waals surface area (Å²) in [6, 6.07) is 17.2. The van der Waals surface area contributed by atoms with Crippen molar-refractivity contribution >= 4 is 27.9 Å². The van der Waals surface area contributed by atoms with Gasteiger partial charge in [0.25, 0.3) is 0 Å². The highest BCUT2D eigenvalue weighted by Gasteiger charge is 2.51. The summed E-state index contributed by atoms with van der Waals surface area (Å²) in [7, 11) is 0. The molecule has 0 amide bonds. The van der Waals surface area contributed by atoms with Gasteiger partial charge in [0.05, 0.1) is 0 Å². The molecule has 1 N–H and O–H groups in total. The lowest BCUT2D eigenvalue weighted by molar-refractivity contribution is -0.173. The van der Waals surface area contributed by atoms with Gasteiger partial charge in [0.1, 0.15) is 6.61 Å². The molecular formula is C21H21BrO4. The minimum Gasteiger partial charge on any atom is -0.480 e. The van der Waals surface area contributed by atoms with Crippen molar-refractivity contribution in [1.82, 2.24) is 0 Å². The van der Waals surface area contributed by atoms with E-state index in [0.29, 0.717) is 12.8 Å². The summed E-state index contributed by atoms with van der Waals surface area (Å²) in [5, 5.41) is 9.86. The molecule has 1 aliphatic rings. The first kappa shape index (κ1) is 18.6. The molecule has 2 aromatic carbocycles. The van der Waals surface area contributed by atoms with E-state index in [2.05, 4.69) is 15.9 Å². The SMILES string of the molecule is O=C(O)C1(C(=O)OCc2ccccc2)CCCC(c2ccc(Br)cc2)C1. The fourth-order valence-corrected chi connectivity index (χ4v) is 3.89. The Bertz CT molecular complexity index is 772. The molecule has 3 rings (SSSR count). The van der Waals surface area contributed by atoms with E-state index in [-0.39, 0.29) is 18.9 Å². The van der Waals surface area contributed by atoms with Gasteiger partial charge in [0, 0.05) is 4.47 Å². The zero-order valence-electron chi connectivity index (χ0n) is 14.4. The highest BCUT2D eigenvalue weighted by Crippen LogP contribution is 2.45. The van der Waals surface area contributed by atoms with E-state index in [9.17, 15) is 14.7 Å². The summed E-state index contributed by atoms with van der Waals surface area (Å²) in [4.78, 5) is 24.8. The van der Waals surface area contributed by atoms with E-state index in [4.69, 9.17) is 4.74 Å². The number of carboxylic acid groups (broad SMARTS) is 1. The number of benzene rings is 2. The normalized spacial score (nSPS) is 22.6. The van der Waals surface area contributed by atoms with Crippen molar-refractivity contribution < 1.29 is 19.4 Å². The van der Waals surface area contributed by atoms with Gasteiger partial charge in [-0.1, -0.05) is 64.8 Å². The Hall–Kier alpha value is -2.14. The number of carbonyl (C=O) groups is 2. The maximum Gasteiger partial charge on any atom is 0.323 e. The first-order chi connectivity index (χ1) is 12.5. The smallest absolute Gasteiger partial charge is 0.323 e. The van der Waals surface area contributed by atoms with Crippen LogP contribution in [0.4, 0.5) is 0 Å². The zero-order chi connectivity index (χ0) is 18.6. The van der Waals surface area contributed by atoms with Gasteiger partial charge in [-0.25, -0.2) is 0 Å². The minimum absolute atomic E-state index is 0.0391. The van der Waals surface area contributed by atoms with Crippen LogP contribution in [-0.2, 0) is 20.9 Å². The maximum absolute atomic E-state index is 12.8. The molecule has 0 aliphatic heterocycles. The lowest BCUT2D eigenvalue weighted by atomic mass is 9.67. The standard InChI is InChI=1S/C21H21BrO4/c22-18-10-8-16(9-11-18)17-7-4-12-21(13-17,19(23)24)20(25)26-14-15-5-2-1-3-6-15/h1-3,5-6,8-11,17H,4,7,12-14H2,(H,23,24). The summed E-state index contributed by atoms with van der Waals surface area (Å²) in [5.74, 6) is -1.68. The molecule has 0 bridgehead atoms. The van der Waals surface area contributed by atoms with Crippen molar-refractivity contribution in [1.29, 1.82) is 0 Å². The van der Waals surface area contributed by atoms with Gasteiger partial charge in [-0.15, -0.1) is 0 Å². The molecular weight excluding hydrogens is 396 g/mol. The Labute approximate surface area is 161 Å². The fraction of sp³-hybridized carbons (Fsp3) is 0.333. The Balaban J connectivity index is 1.76. The summed E-state index contributed by atoms with van der Waals surface area (Å²) in [6.07, 6.45) is 2.16. The van der Waals surface area contributed by atoms with Crippen LogP contribution in [0.5, 0.6) is 0 Å². The van der Waals surface area contributed by atoms with Crippen molar-refractivity contribution in [3.63, 3.8) is 0 Å². The summed E-state index contributed by atoms with van der Waals surface area (Å²) >= 11 is 3.41. The van der Waals surface area contributed by atoms with Gasteiger partial charge < -0.3 is 9.84 Å². The highest BCUT2D eigenvalue weighted by molar-refractivity contribution is 9.10. The molecule has 0 heterocycles. The molecule has 0 saturated heterocycles. The average molecular weight is 417 g/mol. The number of rotatable bonds is 5. The van der Waals surface area contributed by atoms with E-state index >= 15 is 0 Å². The minimum atomic E-state index is -1.47. The summed E-state index contributed by atoms with van der Waals surface area (Å²) in [6.45, 7) is 0.0949. The van der Waals surface area contributed by atoms with Gasteiger partial charge in [-0.2, -0.15) is 0 Å². The number of ether oxygens (including phenoxy) is 1. The molecule has 4 nitrogen and oxygen atoms in total. The van der Waals surface area contributed by atoms with Crippen LogP contribution in [0, 0.1) is 5.41 Å². The second kappa shape index (κ2) is 8.04. The topological polar surface area (TPSA) is 63.6 Å². The van der Waals surface area contributed by atoms with E-state index < -0.39 is 17.4 Å². The number of hydrogen-bond donors (Lipinski definition) is 1. The van der Waals surface area contributed by atoms with Crippen LogP contribution >= 0.6 is 15.9 Å². The number of hydrogen-bond acceptors (Lipinski definition) is 3. The number of aliphatic carboxylic acids is 1.